The zero-order chi connectivity index (χ0) is 16.1. The van der Waals surface area contributed by atoms with Crippen LogP contribution >= 0.6 is 0 Å². The molecule has 1 aliphatic heterocycles. The molecule has 1 heterocycles. The Kier molecular flexibility index (Phi) is 6.01. The van der Waals surface area contributed by atoms with Crippen LogP contribution in [0.2, 0.25) is 0 Å². The topological polar surface area (TPSA) is 46.3 Å². The zero-order valence-corrected chi connectivity index (χ0v) is 14.2. The van der Waals surface area contributed by atoms with E-state index in [9.17, 15) is 4.79 Å². The summed E-state index contributed by atoms with van der Waals surface area (Å²) >= 11 is 0. The van der Waals surface area contributed by atoms with Gasteiger partial charge in [0.25, 0.3) is 0 Å². The van der Waals surface area contributed by atoms with Gasteiger partial charge in [0, 0.05) is 25.6 Å². The SMILES string of the molecule is CCC(CC(=O)N1CCCC(C(C)N)C1)c1ccc(C)cc1. The van der Waals surface area contributed by atoms with Crippen LogP contribution in [-0.2, 0) is 4.79 Å². The Labute approximate surface area is 134 Å². The van der Waals surface area contributed by atoms with Gasteiger partial charge in [-0.15, -0.1) is 0 Å². The first-order chi connectivity index (χ1) is 10.5. The van der Waals surface area contributed by atoms with E-state index in [4.69, 9.17) is 5.73 Å². The standard InChI is InChI=1S/C19H30N2O/c1-4-16(17-9-7-14(2)8-10-17)12-19(22)21-11-5-6-18(13-21)15(3)20/h7-10,15-16,18H,4-6,11-13,20H2,1-3H3. The zero-order valence-electron chi connectivity index (χ0n) is 14.2. The van der Waals surface area contributed by atoms with Crippen molar-refractivity contribution in [3.8, 4) is 0 Å². The number of carbonyl (C=O) groups is 1. The molecule has 1 amide bonds. The van der Waals surface area contributed by atoms with Gasteiger partial charge in [-0.2, -0.15) is 0 Å². The lowest BCUT2D eigenvalue weighted by molar-refractivity contribution is -0.133. The Morgan fingerprint density at radius 1 is 1.36 bits per heavy atom. The number of rotatable bonds is 5. The van der Waals surface area contributed by atoms with Gasteiger partial charge in [-0.05, 0) is 50.5 Å². The van der Waals surface area contributed by atoms with Crippen molar-refractivity contribution in [2.45, 2.75) is 58.4 Å². The second-order valence-corrected chi connectivity index (χ2v) is 6.82. The second-order valence-electron chi connectivity index (χ2n) is 6.82. The Hall–Kier alpha value is -1.35. The van der Waals surface area contributed by atoms with Gasteiger partial charge in [-0.3, -0.25) is 4.79 Å². The first kappa shape index (κ1) is 17.0. The van der Waals surface area contributed by atoms with E-state index in [0.717, 1.165) is 32.4 Å². The third-order valence-corrected chi connectivity index (χ3v) is 5.02. The van der Waals surface area contributed by atoms with Crippen LogP contribution in [0.3, 0.4) is 0 Å². The summed E-state index contributed by atoms with van der Waals surface area (Å²) in [5, 5.41) is 0. The highest BCUT2D eigenvalue weighted by molar-refractivity contribution is 5.77. The molecule has 3 nitrogen and oxygen atoms in total. The van der Waals surface area contributed by atoms with Gasteiger partial charge in [0.1, 0.15) is 0 Å². The van der Waals surface area contributed by atoms with Crippen LogP contribution < -0.4 is 5.73 Å². The molecule has 3 unspecified atom stereocenters. The summed E-state index contributed by atoms with van der Waals surface area (Å²) in [4.78, 5) is 14.7. The van der Waals surface area contributed by atoms with Crippen molar-refractivity contribution < 1.29 is 4.79 Å². The van der Waals surface area contributed by atoms with E-state index in [1.807, 2.05) is 4.90 Å². The minimum atomic E-state index is 0.176. The third kappa shape index (κ3) is 4.33. The monoisotopic (exact) mass is 302 g/mol. The number of likely N-dealkylation sites (tertiary alicyclic amines) is 1. The fourth-order valence-corrected chi connectivity index (χ4v) is 3.34. The lowest BCUT2D eigenvalue weighted by Crippen LogP contribution is -2.45. The molecule has 1 aromatic rings. The van der Waals surface area contributed by atoms with Crippen LogP contribution in [0.15, 0.2) is 24.3 Å². The van der Waals surface area contributed by atoms with Crippen molar-refractivity contribution >= 4 is 5.91 Å². The largest absolute Gasteiger partial charge is 0.342 e. The van der Waals surface area contributed by atoms with Crippen molar-refractivity contribution in [3.05, 3.63) is 35.4 Å². The molecule has 2 rings (SSSR count). The fourth-order valence-electron chi connectivity index (χ4n) is 3.34. The molecule has 3 heteroatoms. The van der Waals surface area contributed by atoms with Crippen molar-refractivity contribution in [1.29, 1.82) is 0 Å². The maximum absolute atomic E-state index is 12.7. The molecular formula is C19H30N2O. The predicted octanol–water partition coefficient (Wildman–Crippen LogP) is 3.46. The summed E-state index contributed by atoms with van der Waals surface area (Å²) in [5.74, 6) is 1.07. The summed E-state index contributed by atoms with van der Waals surface area (Å²) in [5.41, 5.74) is 8.57. The number of amides is 1. The third-order valence-electron chi connectivity index (χ3n) is 5.02. The van der Waals surface area contributed by atoms with Gasteiger partial charge in [0.15, 0.2) is 0 Å². The van der Waals surface area contributed by atoms with Crippen LogP contribution in [0.25, 0.3) is 0 Å². The number of piperidine rings is 1. The highest BCUT2D eigenvalue weighted by Gasteiger charge is 2.27. The summed E-state index contributed by atoms with van der Waals surface area (Å²) < 4.78 is 0. The van der Waals surface area contributed by atoms with Gasteiger partial charge < -0.3 is 10.6 Å². The molecule has 122 valence electrons. The molecule has 0 radical (unpaired) electrons. The number of hydrogen-bond acceptors (Lipinski definition) is 2. The molecule has 22 heavy (non-hydrogen) atoms. The maximum atomic E-state index is 12.7. The highest BCUT2D eigenvalue weighted by atomic mass is 16.2. The summed E-state index contributed by atoms with van der Waals surface area (Å²) in [6.45, 7) is 8.05. The Morgan fingerprint density at radius 2 is 2.05 bits per heavy atom. The molecule has 1 aromatic carbocycles. The lowest BCUT2D eigenvalue weighted by Gasteiger charge is -2.35. The van der Waals surface area contributed by atoms with Crippen LogP contribution in [0, 0.1) is 12.8 Å². The van der Waals surface area contributed by atoms with E-state index >= 15 is 0 Å². The van der Waals surface area contributed by atoms with Crippen molar-refractivity contribution in [2.24, 2.45) is 11.7 Å². The molecule has 0 spiro atoms. The molecule has 0 aliphatic carbocycles. The number of hydrogen-bond donors (Lipinski definition) is 1. The molecule has 1 aliphatic rings. The molecule has 2 N–H and O–H groups in total. The van der Waals surface area contributed by atoms with Gasteiger partial charge in [0.2, 0.25) is 5.91 Å². The van der Waals surface area contributed by atoms with Crippen LogP contribution in [0.4, 0.5) is 0 Å². The average Bonchev–Trinajstić information content (AvgIpc) is 2.53. The van der Waals surface area contributed by atoms with Crippen LogP contribution in [-0.4, -0.2) is 29.9 Å². The van der Waals surface area contributed by atoms with E-state index in [-0.39, 0.29) is 11.9 Å². The Morgan fingerprint density at radius 3 is 2.64 bits per heavy atom. The van der Waals surface area contributed by atoms with Crippen LogP contribution in [0.5, 0.6) is 0 Å². The molecule has 1 saturated heterocycles. The first-order valence-electron chi connectivity index (χ1n) is 8.61. The normalized spacial score (nSPS) is 21.5. The minimum Gasteiger partial charge on any atom is -0.342 e. The van der Waals surface area contributed by atoms with Gasteiger partial charge in [0.05, 0.1) is 0 Å². The molecule has 0 aromatic heterocycles. The number of aryl methyl sites for hydroxylation is 1. The number of nitrogens with zero attached hydrogens (tertiary/aromatic N) is 1. The van der Waals surface area contributed by atoms with E-state index in [1.165, 1.54) is 11.1 Å². The number of nitrogens with two attached hydrogens (primary N) is 1. The fraction of sp³-hybridized carbons (Fsp3) is 0.632. The molecule has 0 bridgehead atoms. The predicted molar refractivity (Wildman–Crippen MR) is 91.8 cm³/mol. The molecule has 1 fully saturated rings. The smallest absolute Gasteiger partial charge is 0.223 e. The Bertz CT molecular complexity index is 481. The second kappa shape index (κ2) is 7.77. The molecule has 0 saturated carbocycles. The number of carbonyl (C=O) groups excluding carboxylic acids is 1. The molecular weight excluding hydrogens is 272 g/mol. The van der Waals surface area contributed by atoms with Gasteiger partial charge >= 0.3 is 0 Å². The van der Waals surface area contributed by atoms with Crippen molar-refractivity contribution in [2.75, 3.05) is 13.1 Å². The summed E-state index contributed by atoms with van der Waals surface area (Å²) in [7, 11) is 0. The lowest BCUT2D eigenvalue weighted by atomic mass is 9.89. The van der Waals surface area contributed by atoms with Gasteiger partial charge in [-0.1, -0.05) is 36.8 Å². The number of benzene rings is 1. The maximum Gasteiger partial charge on any atom is 0.223 e. The first-order valence-corrected chi connectivity index (χ1v) is 8.61. The molecule has 3 atom stereocenters. The quantitative estimate of drug-likeness (QED) is 0.905. The van der Waals surface area contributed by atoms with E-state index in [1.54, 1.807) is 0 Å². The van der Waals surface area contributed by atoms with Crippen LogP contribution in [0.1, 0.15) is 56.6 Å². The van der Waals surface area contributed by atoms with Crippen molar-refractivity contribution in [1.82, 2.24) is 4.90 Å². The van der Waals surface area contributed by atoms with E-state index in [0.29, 0.717) is 18.3 Å². The van der Waals surface area contributed by atoms with E-state index in [2.05, 4.69) is 45.0 Å². The Balaban J connectivity index is 1.98. The highest BCUT2D eigenvalue weighted by Crippen LogP contribution is 2.26. The van der Waals surface area contributed by atoms with Gasteiger partial charge in [-0.25, -0.2) is 0 Å². The van der Waals surface area contributed by atoms with E-state index < -0.39 is 0 Å². The average molecular weight is 302 g/mol. The minimum absolute atomic E-state index is 0.176. The van der Waals surface area contributed by atoms with Crippen molar-refractivity contribution in [3.63, 3.8) is 0 Å². The summed E-state index contributed by atoms with van der Waals surface area (Å²) in [6.07, 6.45) is 3.85. The summed E-state index contributed by atoms with van der Waals surface area (Å²) in [6, 6.07) is 8.77.